The van der Waals surface area contributed by atoms with Gasteiger partial charge < -0.3 is 4.52 Å². The summed E-state index contributed by atoms with van der Waals surface area (Å²) in [7, 11) is -3.22. The Labute approximate surface area is 137 Å². The molecule has 0 aliphatic rings. The lowest BCUT2D eigenvalue weighted by Crippen LogP contribution is -2.14. The van der Waals surface area contributed by atoms with E-state index in [2.05, 4.69) is 15.2 Å². The first-order valence-electron chi connectivity index (χ1n) is 7.77. The lowest BCUT2D eigenvalue weighted by atomic mass is 9.96. The fourth-order valence-corrected chi connectivity index (χ4v) is 3.37. The third-order valence-electron chi connectivity index (χ3n) is 3.38. The predicted octanol–water partition coefficient (Wildman–Crippen LogP) is 2.35. The fourth-order valence-electron chi connectivity index (χ4n) is 2.08. The normalized spacial score (nSPS) is 12.7. The SMILES string of the molecule is CC(C)(C)c1noc(CS(=O)(=O)CCCCCn2cccn2)n1. The van der Waals surface area contributed by atoms with Crippen molar-refractivity contribution in [3.8, 4) is 0 Å². The van der Waals surface area contributed by atoms with Gasteiger partial charge in [0, 0.05) is 24.4 Å². The van der Waals surface area contributed by atoms with Gasteiger partial charge in [-0.15, -0.1) is 0 Å². The minimum Gasteiger partial charge on any atom is -0.338 e. The van der Waals surface area contributed by atoms with E-state index in [1.54, 1.807) is 6.20 Å². The van der Waals surface area contributed by atoms with Crippen LogP contribution in [0.2, 0.25) is 0 Å². The molecule has 128 valence electrons. The van der Waals surface area contributed by atoms with Crippen molar-refractivity contribution in [2.75, 3.05) is 5.75 Å². The minimum absolute atomic E-state index is 0.138. The maximum atomic E-state index is 12.1. The van der Waals surface area contributed by atoms with Crippen LogP contribution in [-0.2, 0) is 27.5 Å². The molecule has 0 aromatic carbocycles. The second-order valence-corrected chi connectivity index (χ2v) is 8.87. The predicted molar refractivity (Wildman–Crippen MR) is 86.6 cm³/mol. The van der Waals surface area contributed by atoms with Crippen LogP contribution >= 0.6 is 0 Å². The monoisotopic (exact) mass is 340 g/mol. The Morgan fingerprint density at radius 3 is 2.61 bits per heavy atom. The number of unbranched alkanes of at least 4 members (excludes halogenated alkanes) is 2. The molecule has 2 aromatic rings. The summed E-state index contributed by atoms with van der Waals surface area (Å²) in [5.41, 5.74) is -0.252. The molecule has 23 heavy (non-hydrogen) atoms. The van der Waals surface area contributed by atoms with E-state index in [-0.39, 0.29) is 22.8 Å². The first-order valence-corrected chi connectivity index (χ1v) is 9.59. The van der Waals surface area contributed by atoms with Crippen LogP contribution in [0.3, 0.4) is 0 Å². The Morgan fingerprint density at radius 1 is 1.22 bits per heavy atom. The van der Waals surface area contributed by atoms with Gasteiger partial charge in [-0.2, -0.15) is 10.1 Å². The molecule has 0 atom stereocenters. The van der Waals surface area contributed by atoms with E-state index >= 15 is 0 Å². The van der Waals surface area contributed by atoms with Crippen LogP contribution in [0.1, 0.15) is 51.7 Å². The molecular formula is C15H24N4O3S. The van der Waals surface area contributed by atoms with Crippen LogP contribution in [0, 0.1) is 0 Å². The summed E-state index contributed by atoms with van der Waals surface area (Å²) in [6, 6.07) is 1.88. The maximum Gasteiger partial charge on any atom is 0.241 e. The molecule has 2 rings (SSSR count). The molecule has 2 aromatic heterocycles. The number of aryl methyl sites for hydroxylation is 1. The van der Waals surface area contributed by atoms with Gasteiger partial charge in [0.1, 0.15) is 5.75 Å². The van der Waals surface area contributed by atoms with Crippen LogP contribution in [0.25, 0.3) is 0 Å². The van der Waals surface area contributed by atoms with Gasteiger partial charge in [0.05, 0.1) is 5.75 Å². The van der Waals surface area contributed by atoms with Crippen LogP contribution in [0.4, 0.5) is 0 Å². The highest BCUT2D eigenvalue weighted by molar-refractivity contribution is 7.90. The first-order chi connectivity index (χ1) is 10.8. The summed E-state index contributed by atoms with van der Waals surface area (Å²) in [5.74, 6) is 0.655. The molecule has 0 unspecified atom stereocenters. The van der Waals surface area contributed by atoms with Gasteiger partial charge in [-0.1, -0.05) is 32.3 Å². The molecule has 0 aliphatic carbocycles. The summed E-state index contributed by atoms with van der Waals surface area (Å²) >= 11 is 0. The van der Waals surface area contributed by atoms with E-state index in [0.717, 1.165) is 19.4 Å². The summed E-state index contributed by atoms with van der Waals surface area (Å²) in [6.45, 7) is 6.67. The number of aromatic nitrogens is 4. The van der Waals surface area contributed by atoms with Crippen molar-refractivity contribution in [1.29, 1.82) is 0 Å². The molecule has 8 heteroatoms. The quantitative estimate of drug-likeness (QED) is 0.685. The minimum atomic E-state index is -3.22. The smallest absolute Gasteiger partial charge is 0.241 e. The van der Waals surface area contributed by atoms with E-state index < -0.39 is 9.84 Å². The van der Waals surface area contributed by atoms with E-state index in [9.17, 15) is 8.42 Å². The van der Waals surface area contributed by atoms with E-state index in [4.69, 9.17) is 4.52 Å². The molecule has 0 aliphatic heterocycles. The largest absolute Gasteiger partial charge is 0.338 e. The average molecular weight is 340 g/mol. The Balaban J connectivity index is 1.74. The molecule has 0 N–H and O–H groups in total. The maximum absolute atomic E-state index is 12.1. The molecule has 7 nitrogen and oxygen atoms in total. The number of hydrogen-bond acceptors (Lipinski definition) is 6. The van der Waals surface area contributed by atoms with E-state index in [1.807, 2.05) is 37.7 Å². The van der Waals surface area contributed by atoms with Gasteiger partial charge in [-0.05, 0) is 18.9 Å². The van der Waals surface area contributed by atoms with Gasteiger partial charge in [-0.25, -0.2) is 8.42 Å². The zero-order valence-electron chi connectivity index (χ0n) is 13.9. The fraction of sp³-hybridized carbons (Fsp3) is 0.667. The Bertz CT molecular complexity index is 699. The van der Waals surface area contributed by atoms with Gasteiger partial charge >= 0.3 is 0 Å². The lowest BCUT2D eigenvalue weighted by molar-refractivity contribution is 0.371. The average Bonchev–Trinajstić information content (AvgIpc) is 3.08. The Hall–Kier alpha value is -1.70. The molecule has 0 radical (unpaired) electrons. The first kappa shape index (κ1) is 17.7. The third-order valence-corrected chi connectivity index (χ3v) is 4.98. The standard InChI is InChI=1S/C15H24N4O3S/c1-15(2,3)14-17-13(22-18-14)12-23(20,21)11-6-4-5-9-19-10-7-8-16-19/h7-8,10H,4-6,9,11-12H2,1-3H3. The molecule has 2 heterocycles. The van der Waals surface area contributed by atoms with Crippen LogP contribution in [0.15, 0.2) is 23.0 Å². The van der Waals surface area contributed by atoms with Gasteiger partial charge in [0.15, 0.2) is 15.7 Å². The van der Waals surface area contributed by atoms with Gasteiger partial charge in [-0.3, -0.25) is 4.68 Å². The molecule has 0 spiro atoms. The Morgan fingerprint density at radius 2 is 2.00 bits per heavy atom. The summed E-state index contributed by atoms with van der Waals surface area (Å²) in [5, 5.41) is 7.96. The van der Waals surface area contributed by atoms with Crippen molar-refractivity contribution in [2.45, 2.75) is 57.7 Å². The van der Waals surface area contributed by atoms with E-state index in [0.29, 0.717) is 12.2 Å². The highest BCUT2D eigenvalue weighted by Gasteiger charge is 2.23. The van der Waals surface area contributed by atoms with Crippen molar-refractivity contribution < 1.29 is 12.9 Å². The number of hydrogen-bond donors (Lipinski definition) is 0. The van der Waals surface area contributed by atoms with Crippen LogP contribution in [0.5, 0.6) is 0 Å². The van der Waals surface area contributed by atoms with E-state index in [1.165, 1.54) is 0 Å². The van der Waals surface area contributed by atoms with Crippen molar-refractivity contribution >= 4 is 9.84 Å². The summed E-state index contributed by atoms with van der Waals surface area (Å²) in [6.07, 6.45) is 6.02. The second kappa shape index (κ2) is 7.25. The number of nitrogens with zero attached hydrogens (tertiary/aromatic N) is 4. The van der Waals surface area contributed by atoms with Crippen molar-refractivity contribution in [2.24, 2.45) is 0 Å². The van der Waals surface area contributed by atoms with Crippen LogP contribution < -0.4 is 0 Å². The molecular weight excluding hydrogens is 316 g/mol. The second-order valence-electron chi connectivity index (χ2n) is 6.68. The van der Waals surface area contributed by atoms with Gasteiger partial charge in [0.25, 0.3) is 0 Å². The molecule has 0 saturated carbocycles. The molecule has 0 amide bonds. The lowest BCUT2D eigenvalue weighted by Gasteiger charge is -2.10. The summed E-state index contributed by atoms with van der Waals surface area (Å²) in [4.78, 5) is 4.18. The molecule has 0 bridgehead atoms. The molecule has 0 saturated heterocycles. The van der Waals surface area contributed by atoms with Crippen molar-refractivity contribution in [3.63, 3.8) is 0 Å². The van der Waals surface area contributed by atoms with Crippen molar-refractivity contribution in [1.82, 2.24) is 19.9 Å². The third kappa shape index (κ3) is 5.78. The number of sulfone groups is 1. The van der Waals surface area contributed by atoms with Crippen LogP contribution in [-0.4, -0.2) is 34.1 Å². The molecule has 0 fully saturated rings. The highest BCUT2D eigenvalue weighted by atomic mass is 32.2. The zero-order chi connectivity index (χ0) is 16.9. The van der Waals surface area contributed by atoms with Crippen molar-refractivity contribution in [3.05, 3.63) is 30.2 Å². The van der Waals surface area contributed by atoms with Gasteiger partial charge in [0.2, 0.25) is 5.89 Å². The summed E-state index contributed by atoms with van der Waals surface area (Å²) < 4.78 is 31.1. The Kier molecular flexibility index (Phi) is 5.56. The highest BCUT2D eigenvalue weighted by Crippen LogP contribution is 2.19. The topological polar surface area (TPSA) is 90.9 Å². The number of rotatable bonds is 8. The zero-order valence-corrected chi connectivity index (χ0v) is 14.7.